The smallest absolute Gasteiger partial charge is 0.259 e. The average molecular weight is 516 g/mol. The molecule has 0 aliphatic rings. The second-order valence-corrected chi connectivity index (χ2v) is 9.16. The molecule has 0 fully saturated rings. The van der Waals surface area contributed by atoms with Crippen LogP contribution in [-0.4, -0.2) is 21.6 Å². The minimum atomic E-state index is -0.267. The number of para-hydroxylation sites is 1. The monoisotopic (exact) mass is 515 g/mol. The zero-order chi connectivity index (χ0) is 26.2. The van der Waals surface area contributed by atoms with Crippen LogP contribution in [0.1, 0.15) is 46.1 Å². The van der Waals surface area contributed by atoms with E-state index in [-0.39, 0.29) is 18.2 Å². The molecule has 37 heavy (non-hydrogen) atoms. The fraction of sp³-hybridized carbons (Fsp3) is 0.207. The highest BCUT2D eigenvalue weighted by Crippen LogP contribution is 2.22. The van der Waals surface area contributed by atoms with Crippen LogP contribution in [0.4, 0.5) is 5.69 Å². The van der Waals surface area contributed by atoms with Crippen molar-refractivity contribution in [2.45, 2.75) is 39.3 Å². The third-order valence-electron chi connectivity index (χ3n) is 6.04. The standard InChI is InChI=1S/C29H30ClN5O2/c1-2-5-27-25(19-33-35(27)24-14-12-23(30)13-15-24)29(37)34-26-7-4-3-6-22(26)16-28(36)32-18-21-10-8-20(17-31)9-11-21/h3-4,6-15,19H,2,5,16-18,31H2,1H3,(H,32,36)(H,34,37). The number of nitrogens with one attached hydrogen (secondary N) is 2. The lowest BCUT2D eigenvalue weighted by molar-refractivity contribution is -0.120. The highest BCUT2D eigenvalue weighted by atomic mass is 35.5. The molecule has 0 aliphatic heterocycles. The highest BCUT2D eigenvalue weighted by Gasteiger charge is 2.19. The molecule has 0 aliphatic carbocycles. The number of hydrogen-bond acceptors (Lipinski definition) is 4. The molecule has 0 radical (unpaired) electrons. The molecule has 4 N–H and O–H groups in total. The van der Waals surface area contributed by atoms with Crippen LogP contribution in [0.5, 0.6) is 0 Å². The van der Waals surface area contributed by atoms with E-state index in [0.29, 0.717) is 35.8 Å². The fourth-order valence-electron chi connectivity index (χ4n) is 4.06. The van der Waals surface area contributed by atoms with Crippen LogP contribution in [0.3, 0.4) is 0 Å². The van der Waals surface area contributed by atoms with Crippen molar-refractivity contribution >= 4 is 29.1 Å². The van der Waals surface area contributed by atoms with Crippen LogP contribution in [0, 0.1) is 0 Å². The first-order chi connectivity index (χ1) is 18.0. The Morgan fingerprint density at radius 3 is 2.38 bits per heavy atom. The van der Waals surface area contributed by atoms with E-state index in [1.165, 1.54) is 0 Å². The van der Waals surface area contributed by atoms with E-state index in [4.69, 9.17) is 17.3 Å². The van der Waals surface area contributed by atoms with E-state index in [0.717, 1.165) is 34.5 Å². The lowest BCUT2D eigenvalue weighted by Crippen LogP contribution is -2.25. The van der Waals surface area contributed by atoms with Gasteiger partial charge < -0.3 is 16.4 Å². The van der Waals surface area contributed by atoms with Gasteiger partial charge in [-0.1, -0.05) is 67.4 Å². The fourth-order valence-corrected chi connectivity index (χ4v) is 4.19. The molecule has 2 amide bonds. The first-order valence-corrected chi connectivity index (χ1v) is 12.6. The van der Waals surface area contributed by atoms with Gasteiger partial charge in [-0.05, 0) is 53.4 Å². The largest absolute Gasteiger partial charge is 0.352 e. The molecule has 8 heteroatoms. The summed E-state index contributed by atoms with van der Waals surface area (Å²) in [5.41, 5.74) is 11.2. The number of hydrogen-bond donors (Lipinski definition) is 3. The van der Waals surface area contributed by atoms with Crippen molar-refractivity contribution in [3.05, 3.63) is 112 Å². The number of nitrogens with two attached hydrogens (primary N) is 1. The number of carbonyl (C=O) groups excluding carboxylic acids is 2. The van der Waals surface area contributed by atoms with Gasteiger partial charge in [0.2, 0.25) is 5.91 Å². The van der Waals surface area contributed by atoms with Crippen LogP contribution in [0.25, 0.3) is 5.69 Å². The third kappa shape index (κ3) is 6.64. The molecule has 1 aromatic heterocycles. The molecule has 0 bridgehead atoms. The van der Waals surface area contributed by atoms with Gasteiger partial charge in [-0.2, -0.15) is 5.10 Å². The molecular weight excluding hydrogens is 486 g/mol. The molecule has 4 rings (SSSR count). The van der Waals surface area contributed by atoms with Crippen molar-refractivity contribution in [3.8, 4) is 5.69 Å². The SMILES string of the molecule is CCCc1c(C(=O)Nc2ccccc2CC(=O)NCc2ccc(CN)cc2)cnn1-c1ccc(Cl)cc1. The molecule has 3 aromatic carbocycles. The molecule has 190 valence electrons. The quantitative estimate of drug-likeness (QED) is 0.275. The highest BCUT2D eigenvalue weighted by molar-refractivity contribution is 6.30. The van der Waals surface area contributed by atoms with Crippen LogP contribution in [-0.2, 0) is 30.7 Å². The summed E-state index contributed by atoms with van der Waals surface area (Å²) in [5.74, 6) is -0.400. The summed E-state index contributed by atoms with van der Waals surface area (Å²) in [6.07, 6.45) is 3.26. The lowest BCUT2D eigenvalue weighted by atomic mass is 10.1. The van der Waals surface area contributed by atoms with Gasteiger partial charge in [-0.15, -0.1) is 0 Å². The minimum absolute atomic E-state index is 0.133. The van der Waals surface area contributed by atoms with Crippen molar-refractivity contribution < 1.29 is 9.59 Å². The summed E-state index contributed by atoms with van der Waals surface area (Å²) in [7, 11) is 0. The lowest BCUT2D eigenvalue weighted by Gasteiger charge is -2.13. The zero-order valence-corrected chi connectivity index (χ0v) is 21.5. The number of amides is 2. The zero-order valence-electron chi connectivity index (χ0n) is 20.7. The van der Waals surface area contributed by atoms with Crippen LogP contribution in [0.2, 0.25) is 5.02 Å². The van der Waals surface area contributed by atoms with E-state index in [2.05, 4.69) is 22.7 Å². The minimum Gasteiger partial charge on any atom is -0.352 e. The second-order valence-electron chi connectivity index (χ2n) is 8.73. The number of benzene rings is 3. The van der Waals surface area contributed by atoms with Gasteiger partial charge in [-0.25, -0.2) is 4.68 Å². The summed E-state index contributed by atoms with van der Waals surface area (Å²) in [5, 5.41) is 11.0. The molecular formula is C29H30ClN5O2. The molecule has 1 heterocycles. The van der Waals surface area contributed by atoms with E-state index >= 15 is 0 Å². The molecule has 0 atom stereocenters. The van der Waals surface area contributed by atoms with Crippen LogP contribution >= 0.6 is 11.6 Å². The van der Waals surface area contributed by atoms with Crippen LogP contribution < -0.4 is 16.4 Å². The first-order valence-electron chi connectivity index (χ1n) is 12.2. The second kappa shape index (κ2) is 12.3. The summed E-state index contributed by atoms with van der Waals surface area (Å²) in [4.78, 5) is 26.0. The van der Waals surface area contributed by atoms with Crippen LogP contribution in [0.15, 0.2) is 79.0 Å². The molecule has 7 nitrogen and oxygen atoms in total. The van der Waals surface area contributed by atoms with Gasteiger partial charge >= 0.3 is 0 Å². The van der Waals surface area contributed by atoms with Gasteiger partial charge in [0.05, 0.1) is 29.6 Å². The van der Waals surface area contributed by atoms with E-state index in [1.807, 2.05) is 54.6 Å². The molecule has 0 spiro atoms. The Morgan fingerprint density at radius 2 is 1.68 bits per heavy atom. The average Bonchev–Trinajstić information content (AvgIpc) is 3.33. The number of nitrogens with zero attached hydrogens (tertiary/aromatic N) is 2. The van der Waals surface area contributed by atoms with Crippen molar-refractivity contribution in [2.24, 2.45) is 5.73 Å². The van der Waals surface area contributed by atoms with Gasteiger partial charge in [0.15, 0.2) is 0 Å². The Bertz CT molecular complexity index is 1360. The third-order valence-corrected chi connectivity index (χ3v) is 6.29. The molecule has 0 saturated carbocycles. The maximum atomic E-state index is 13.3. The maximum Gasteiger partial charge on any atom is 0.259 e. The predicted molar refractivity (Wildman–Crippen MR) is 147 cm³/mol. The number of anilines is 1. The van der Waals surface area contributed by atoms with E-state index in [9.17, 15) is 9.59 Å². The Balaban J connectivity index is 1.46. The summed E-state index contributed by atoms with van der Waals surface area (Å²) in [6, 6.07) is 22.5. The van der Waals surface area contributed by atoms with Crippen molar-refractivity contribution in [1.82, 2.24) is 15.1 Å². The van der Waals surface area contributed by atoms with Crippen molar-refractivity contribution in [3.63, 3.8) is 0 Å². The van der Waals surface area contributed by atoms with Gasteiger partial charge in [0.1, 0.15) is 0 Å². The predicted octanol–water partition coefficient (Wildman–Crippen LogP) is 5.05. The number of rotatable bonds is 10. The molecule has 0 unspecified atom stereocenters. The number of carbonyl (C=O) groups is 2. The normalized spacial score (nSPS) is 10.8. The van der Waals surface area contributed by atoms with Gasteiger partial charge in [-0.3, -0.25) is 9.59 Å². The topological polar surface area (TPSA) is 102 Å². The summed E-state index contributed by atoms with van der Waals surface area (Å²) >= 11 is 6.03. The first kappa shape index (κ1) is 26.1. The Morgan fingerprint density at radius 1 is 0.973 bits per heavy atom. The summed E-state index contributed by atoms with van der Waals surface area (Å²) in [6.45, 7) is 2.96. The van der Waals surface area contributed by atoms with Gasteiger partial charge in [0, 0.05) is 23.8 Å². The summed E-state index contributed by atoms with van der Waals surface area (Å²) < 4.78 is 1.77. The van der Waals surface area contributed by atoms with Crippen molar-refractivity contribution in [2.75, 3.05) is 5.32 Å². The van der Waals surface area contributed by atoms with Gasteiger partial charge in [0.25, 0.3) is 5.91 Å². The molecule has 0 saturated heterocycles. The van der Waals surface area contributed by atoms with E-state index < -0.39 is 0 Å². The van der Waals surface area contributed by atoms with Crippen molar-refractivity contribution in [1.29, 1.82) is 0 Å². The Hall–Kier alpha value is -3.94. The number of halogens is 1. The Labute approximate surface area is 221 Å². The Kier molecular flexibility index (Phi) is 8.72. The maximum absolute atomic E-state index is 13.3. The number of aromatic nitrogens is 2. The van der Waals surface area contributed by atoms with E-state index in [1.54, 1.807) is 29.1 Å². The molecule has 4 aromatic rings.